The number of rotatable bonds is 6. The van der Waals surface area contributed by atoms with Gasteiger partial charge in [0.25, 0.3) is 0 Å². The van der Waals surface area contributed by atoms with Gasteiger partial charge in [-0.25, -0.2) is 0 Å². The molecule has 0 bridgehead atoms. The third-order valence-corrected chi connectivity index (χ3v) is 3.09. The van der Waals surface area contributed by atoms with Crippen LogP contribution in [0.2, 0.25) is 0 Å². The number of nitrogens with zero attached hydrogens (tertiary/aromatic N) is 1. The van der Waals surface area contributed by atoms with E-state index in [0.717, 1.165) is 19.6 Å². The van der Waals surface area contributed by atoms with Crippen molar-refractivity contribution in [2.24, 2.45) is 0 Å². The summed E-state index contributed by atoms with van der Waals surface area (Å²) < 4.78 is 0. The first kappa shape index (κ1) is 13.5. The number of aryl methyl sites for hydroxylation is 2. The molecule has 0 aliphatic rings. The molecule has 0 atom stereocenters. The molecule has 90 valence electrons. The Hall–Kier alpha value is -0.530. The Balaban J connectivity index is 2.65. The van der Waals surface area contributed by atoms with Crippen LogP contribution in [0.15, 0.2) is 18.2 Å². The molecule has 2 heteroatoms. The molecule has 1 aromatic carbocycles. The van der Waals surface area contributed by atoms with Gasteiger partial charge in [0, 0.05) is 19.0 Å². The van der Waals surface area contributed by atoms with E-state index in [4.69, 9.17) is 11.6 Å². The van der Waals surface area contributed by atoms with Crippen molar-refractivity contribution in [2.45, 2.75) is 33.7 Å². The van der Waals surface area contributed by atoms with Crippen LogP contribution < -0.4 is 0 Å². The molecule has 0 amide bonds. The predicted octanol–water partition coefficient (Wildman–Crippen LogP) is 3.75. The van der Waals surface area contributed by atoms with E-state index < -0.39 is 0 Å². The molecule has 0 heterocycles. The van der Waals surface area contributed by atoms with E-state index in [9.17, 15) is 0 Å². The number of hydrogen-bond donors (Lipinski definition) is 0. The molecule has 0 saturated carbocycles. The van der Waals surface area contributed by atoms with E-state index in [1.807, 2.05) is 0 Å². The Morgan fingerprint density at radius 2 is 1.88 bits per heavy atom. The molecular weight excluding hydrogens is 218 g/mol. The highest BCUT2D eigenvalue weighted by atomic mass is 35.5. The lowest BCUT2D eigenvalue weighted by molar-refractivity contribution is 0.282. The quantitative estimate of drug-likeness (QED) is 0.684. The molecule has 0 aromatic heterocycles. The van der Waals surface area contributed by atoms with Gasteiger partial charge >= 0.3 is 0 Å². The third-order valence-electron chi connectivity index (χ3n) is 2.92. The van der Waals surface area contributed by atoms with Crippen molar-refractivity contribution in [3.05, 3.63) is 34.9 Å². The number of hydrogen-bond acceptors (Lipinski definition) is 1. The normalized spacial score (nSPS) is 11.1. The maximum atomic E-state index is 5.81. The summed E-state index contributed by atoms with van der Waals surface area (Å²) in [6, 6.07) is 6.71. The van der Waals surface area contributed by atoms with Crippen LogP contribution in [-0.4, -0.2) is 23.9 Å². The largest absolute Gasteiger partial charge is 0.298 e. The predicted molar refractivity (Wildman–Crippen MR) is 72.2 cm³/mol. The Morgan fingerprint density at radius 1 is 1.12 bits per heavy atom. The van der Waals surface area contributed by atoms with E-state index in [1.54, 1.807) is 0 Å². The van der Waals surface area contributed by atoms with Crippen LogP contribution in [0, 0.1) is 13.8 Å². The zero-order valence-corrected chi connectivity index (χ0v) is 11.3. The second-order valence-corrected chi connectivity index (χ2v) is 4.76. The van der Waals surface area contributed by atoms with Gasteiger partial charge in [-0.2, -0.15) is 0 Å². The van der Waals surface area contributed by atoms with Crippen molar-refractivity contribution >= 4 is 11.6 Å². The fourth-order valence-electron chi connectivity index (χ4n) is 1.87. The number of halogens is 1. The van der Waals surface area contributed by atoms with Crippen LogP contribution in [0.1, 0.15) is 30.0 Å². The highest BCUT2D eigenvalue weighted by molar-refractivity contribution is 6.18. The molecule has 16 heavy (non-hydrogen) atoms. The minimum Gasteiger partial charge on any atom is -0.298 e. The Morgan fingerprint density at radius 3 is 2.44 bits per heavy atom. The maximum absolute atomic E-state index is 5.81. The first-order chi connectivity index (χ1) is 7.67. The zero-order valence-electron chi connectivity index (χ0n) is 10.6. The summed E-state index contributed by atoms with van der Waals surface area (Å²) in [5.74, 6) is 0.713. The molecule has 0 N–H and O–H groups in total. The topological polar surface area (TPSA) is 3.24 Å². The minimum absolute atomic E-state index is 0.713. The molecule has 0 unspecified atom stereocenters. The summed E-state index contributed by atoms with van der Waals surface area (Å²) >= 11 is 5.81. The minimum atomic E-state index is 0.713. The molecule has 0 saturated heterocycles. The fourth-order valence-corrected chi connectivity index (χ4v) is 2.10. The van der Waals surface area contributed by atoms with E-state index in [2.05, 4.69) is 43.9 Å². The lowest BCUT2D eigenvalue weighted by Crippen LogP contribution is -2.26. The molecule has 0 aliphatic heterocycles. The van der Waals surface area contributed by atoms with Gasteiger partial charge in [0.05, 0.1) is 0 Å². The van der Waals surface area contributed by atoms with Crippen molar-refractivity contribution in [2.75, 3.05) is 19.0 Å². The fraction of sp³-hybridized carbons (Fsp3) is 0.571. The molecule has 0 spiro atoms. The van der Waals surface area contributed by atoms with Crippen molar-refractivity contribution < 1.29 is 0 Å². The highest BCUT2D eigenvalue weighted by Gasteiger charge is 2.04. The van der Waals surface area contributed by atoms with Crippen molar-refractivity contribution in [3.8, 4) is 0 Å². The average Bonchev–Trinajstić information content (AvgIpc) is 2.24. The number of alkyl halides is 1. The zero-order chi connectivity index (χ0) is 12.0. The second-order valence-electron chi connectivity index (χ2n) is 4.38. The van der Waals surface area contributed by atoms with E-state index in [0.29, 0.717) is 5.88 Å². The average molecular weight is 240 g/mol. The van der Waals surface area contributed by atoms with Crippen LogP contribution in [0.25, 0.3) is 0 Å². The van der Waals surface area contributed by atoms with Gasteiger partial charge in [-0.15, -0.1) is 11.6 Å². The molecule has 0 aliphatic carbocycles. The Bertz CT molecular complexity index is 317. The van der Waals surface area contributed by atoms with E-state index in [1.165, 1.54) is 23.1 Å². The van der Waals surface area contributed by atoms with Crippen LogP contribution in [0.5, 0.6) is 0 Å². The Labute approximate surface area is 104 Å². The first-order valence-corrected chi connectivity index (χ1v) is 6.55. The van der Waals surface area contributed by atoms with Crippen LogP contribution in [0.4, 0.5) is 0 Å². The van der Waals surface area contributed by atoms with Gasteiger partial charge in [-0.3, -0.25) is 4.90 Å². The van der Waals surface area contributed by atoms with Crippen LogP contribution in [-0.2, 0) is 6.54 Å². The van der Waals surface area contributed by atoms with Gasteiger partial charge < -0.3 is 0 Å². The summed E-state index contributed by atoms with van der Waals surface area (Å²) in [4.78, 5) is 2.41. The molecule has 0 fully saturated rings. The molecular formula is C14H22ClN. The standard InChI is InChI=1S/C14H22ClN/c1-4-8-16(9-7-15)11-14-6-5-12(2)13(3)10-14/h5-6,10H,4,7-9,11H2,1-3H3. The van der Waals surface area contributed by atoms with E-state index >= 15 is 0 Å². The summed E-state index contributed by atoms with van der Waals surface area (Å²) in [5, 5.41) is 0. The second kappa shape index (κ2) is 6.93. The molecule has 0 radical (unpaired) electrons. The summed E-state index contributed by atoms with van der Waals surface area (Å²) in [6.07, 6.45) is 1.18. The van der Waals surface area contributed by atoms with Gasteiger partial charge in [0.15, 0.2) is 0 Å². The third kappa shape index (κ3) is 4.15. The van der Waals surface area contributed by atoms with Crippen molar-refractivity contribution in [1.29, 1.82) is 0 Å². The van der Waals surface area contributed by atoms with E-state index in [-0.39, 0.29) is 0 Å². The van der Waals surface area contributed by atoms with Gasteiger partial charge in [0.1, 0.15) is 0 Å². The van der Waals surface area contributed by atoms with Gasteiger partial charge in [0.2, 0.25) is 0 Å². The van der Waals surface area contributed by atoms with Crippen LogP contribution >= 0.6 is 11.6 Å². The van der Waals surface area contributed by atoms with Gasteiger partial charge in [-0.05, 0) is 43.5 Å². The van der Waals surface area contributed by atoms with Crippen molar-refractivity contribution in [1.82, 2.24) is 4.90 Å². The Kier molecular flexibility index (Phi) is 5.86. The summed E-state index contributed by atoms with van der Waals surface area (Å²) in [5.41, 5.74) is 4.13. The smallest absolute Gasteiger partial charge is 0.0351 e. The van der Waals surface area contributed by atoms with Crippen LogP contribution in [0.3, 0.4) is 0 Å². The SMILES string of the molecule is CCCN(CCCl)Cc1ccc(C)c(C)c1. The summed E-state index contributed by atoms with van der Waals surface area (Å²) in [6.45, 7) is 9.65. The lowest BCUT2D eigenvalue weighted by atomic mass is 10.1. The monoisotopic (exact) mass is 239 g/mol. The molecule has 1 rings (SSSR count). The summed E-state index contributed by atoms with van der Waals surface area (Å²) in [7, 11) is 0. The lowest BCUT2D eigenvalue weighted by Gasteiger charge is -2.20. The van der Waals surface area contributed by atoms with Crippen molar-refractivity contribution in [3.63, 3.8) is 0 Å². The maximum Gasteiger partial charge on any atom is 0.0351 e. The highest BCUT2D eigenvalue weighted by Crippen LogP contribution is 2.12. The molecule has 1 aromatic rings. The number of benzene rings is 1. The molecule has 1 nitrogen and oxygen atoms in total. The first-order valence-electron chi connectivity index (χ1n) is 6.01. The van der Waals surface area contributed by atoms with Gasteiger partial charge in [-0.1, -0.05) is 25.1 Å².